The highest BCUT2D eigenvalue weighted by Crippen LogP contribution is 2.21. The second-order valence-corrected chi connectivity index (χ2v) is 7.13. The molecular formula is C16H18N4OS. The molecule has 0 aliphatic carbocycles. The van der Waals surface area contributed by atoms with Crippen LogP contribution in [0.2, 0.25) is 0 Å². The van der Waals surface area contributed by atoms with Gasteiger partial charge in [-0.05, 0) is 5.56 Å². The first kappa shape index (κ1) is 14.8. The van der Waals surface area contributed by atoms with Crippen molar-refractivity contribution in [2.24, 2.45) is 0 Å². The van der Waals surface area contributed by atoms with Gasteiger partial charge in [-0.15, -0.1) is 0 Å². The lowest BCUT2D eigenvalue weighted by Crippen LogP contribution is -2.22. The Morgan fingerprint density at radius 3 is 2.59 bits per heavy atom. The van der Waals surface area contributed by atoms with E-state index in [1.807, 2.05) is 39.0 Å². The molecule has 0 radical (unpaired) electrons. The van der Waals surface area contributed by atoms with Crippen LogP contribution in [0.5, 0.6) is 0 Å². The summed E-state index contributed by atoms with van der Waals surface area (Å²) in [7, 11) is 0. The maximum Gasteiger partial charge on any atom is 0.274 e. The van der Waals surface area contributed by atoms with Crippen LogP contribution in [0.25, 0.3) is 5.78 Å². The summed E-state index contributed by atoms with van der Waals surface area (Å²) in [5.41, 5.74) is 1.66. The summed E-state index contributed by atoms with van der Waals surface area (Å²) in [4.78, 5) is 21.1. The second-order valence-electron chi connectivity index (χ2n) is 6.17. The Labute approximate surface area is 132 Å². The molecule has 0 fully saturated rings. The highest BCUT2D eigenvalue weighted by atomic mass is 32.2. The summed E-state index contributed by atoms with van der Waals surface area (Å²) in [6.45, 7) is 6.09. The number of aromatic nitrogens is 4. The van der Waals surface area contributed by atoms with Crippen LogP contribution in [0.3, 0.4) is 0 Å². The third-order valence-electron chi connectivity index (χ3n) is 3.30. The van der Waals surface area contributed by atoms with E-state index in [1.165, 1.54) is 10.1 Å². The number of nitrogens with zero attached hydrogens (tertiary/aromatic N) is 3. The van der Waals surface area contributed by atoms with Crippen LogP contribution in [0.15, 0.2) is 46.3 Å². The molecule has 6 heteroatoms. The zero-order chi connectivity index (χ0) is 15.7. The lowest BCUT2D eigenvalue weighted by Gasteiger charge is -2.16. The van der Waals surface area contributed by atoms with Gasteiger partial charge in [-0.2, -0.15) is 9.50 Å². The van der Waals surface area contributed by atoms with Crippen molar-refractivity contribution in [3.63, 3.8) is 0 Å². The molecular weight excluding hydrogens is 296 g/mol. The molecule has 0 bridgehead atoms. The number of hydrogen-bond donors (Lipinski definition) is 1. The van der Waals surface area contributed by atoms with Gasteiger partial charge in [-0.25, -0.2) is 4.98 Å². The summed E-state index contributed by atoms with van der Waals surface area (Å²) in [6.07, 6.45) is 0. The summed E-state index contributed by atoms with van der Waals surface area (Å²) >= 11 is 1.55. The van der Waals surface area contributed by atoms with E-state index in [-0.39, 0.29) is 11.0 Å². The number of thioether (sulfide) groups is 1. The predicted octanol–water partition coefficient (Wildman–Crippen LogP) is 3.01. The normalized spacial score (nSPS) is 12.0. The van der Waals surface area contributed by atoms with E-state index in [1.54, 1.807) is 17.8 Å². The largest absolute Gasteiger partial charge is 0.274 e. The van der Waals surface area contributed by atoms with Gasteiger partial charge in [0.05, 0.1) is 5.69 Å². The second kappa shape index (κ2) is 5.61. The molecule has 0 aliphatic heterocycles. The highest BCUT2D eigenvalue weighted by molar-refractivity contribution is 7.98. The smallest absolute Gasteiger partial charge is 0.267 e. The van der Waals surface area contributed by atoms with Gasteiger partial charge in [0.2, 0.25) is 0 Å². The molecule has 2 heterocycles. The van der Waals surface area contributed by atoms with E-state index < -0.39 is 0 Å². The first-order valence-electron chi connectivity index (χ1n) is 7.10. The maximum absolute atomic E-state index is 12.2. The number of benzene rings is 1. The van der Waals surface area contributed by atoms with E-state index in [0.717, 1.165) is 11.4 Å². The van der Waals surface area contributed by atoms with Crippen LogP contribution in [0.1, 0.15) is 32.0 Å². The molecule has 1 aromatic carbocycles. The predicted molar refractivity (Wildman–Crippen MR) is 88.3 cm³/mol. The summed E-state index contributed by atoms with van der Waals surface area (Å²) in [5, 5.41) is 3.70. The molecule has 0 spiro atoms. The fourth-order valence-electron chi connectivity index (χ4n) is 2.04. The molecule has 5 nitrogen and oxygen atoms in total. The summed E-state index contributed by atoms with van der Waals surface area (Å²) < 4.78 is 1.39. The first-order chi connectivity index (χ1) is 10.4. The molecule has 2 aromatic heterocycles. The van der Waals surface area contributed by atoms with Gasteiger partial charge < -0.3 is 0 Å². The summed E-state index contributed by atoms with van der Waals surface area (Å²) in [6, 6.07) is 11.7. The van der Waals surface area contributed by atoms with E-state index in [0.29, 0.717) is 10.9 Å². The molecule has 0 amide bonds. The quantitative estimate of drug-likeness (QED) is 0.755. The van der Waals surface area contributed by atoms with Crippen LogP contribution in [-0.2, 0) is 11.2 Å². The van der Waals surface area contributed by atoms with Crippen LogP contribution >= 0.6 is 11.8 Å². The average Bonchev–Trinajstić information content (AvgIpc) is 2.89. The third-order valence-corrected chi connectivity index (χ3v) is 4.23. The van der Waals surface area contributed by atoms with Gasteiger partial charge in [0, 0.05) is 17.2 Å². The highest BCUT2D eigenvalue weighted by Gasteiger charge is 2.18. The van der Waals surface area contributed by atoms with E-state index in [2.05, 4.69) is 27.2 Å². The van der Waals surface area contributed by atoms with Crippen molar-refractivity contribution in [3.05, 3.63) is 58.0 Å². The zero-order valence-corrected chi connectivity index (χ0v) is 13.6. The molecule has 0 atom stereocenters. The Balaban J connectivity index is 1.90. The van der Waals surface area contributed by atoms with Crippen molar-refractivity contribution in [2.75, 3.05) is 0 Å². The van der Waals surface area contributed by atoms with E-state index in [9.17, 15) is 4.79 Å². The number of aromatic amines is 1. The molecule has 0 aliphatic rings. The standard InChI is InChI=1S/C16H18N4OS/c1-16(2,3)12-9-13(21)20-14(17-12)18-15(19-20)22-10-11-7-5-4-6-8-11/h4-9H,10H2,1-3H3,(H,17,18,19). The van der Waals surface area contributed by atoms with Crippen molar-refractivity contribution < 1.29 is 0 Å². The Bertz CT molecular complexity index is 846. The molecule has 114 valence electrons. The van der Waals surface area contributed by atoms with E-state index in [4.69, 9.17) is 0 Å². The third kappa shape index (κ3) is 3.06. The monoisotopic (exact) mass is 314 g/mol. The Morgan fingerprint density at radius 2 is 1.91 bits per heavy atom. The van der Waals surface area contributed by atoms with Gasteiger partial charge in [-0.3, -0.25) is 9.89 Å². The lowest BCUT2D eigenvalue weighted by molar-refractivity contribution is 0.566. The van der Waals surface area contributed by atoms with Crippen molar-refractivity contribution in [2.45, 2.75) is 37.1 Å². The molecule has 1 N–H and O–H groups in total. The van der Waals surface area contributed by atoms with Gasteiger partial charge in [0.25, 0.3) is 11.3 Å². The molecule has 3 aromatic rings. The Morgan fingerprint density at radius 1 is 1.18 bits per heavy atom. The van der Waals surface area contributed by atoms with Crippen LogP contribution in [-0.4, -0.2) is 19.6 Å². The number of H-pyrrole nitrogens is 1. The van der Waals surface area contributed by atoms with Crippen LogP contribution in [0.4, 0.5) is 0 Å². The van der Waals surface area contributed by atoms with Gasteiger partial charge >= 0.3 is 0 Å². The minimum absolute atomic E-state index is 0.131. The summed E-state index contributed by atoms with van der Waals surface area (Å²) in [5.74, 6) is 1.22. The number of hydrogen-bond acceptors (Lipinski definition) is 4. The molecule has 0 unspecified atom stereocenters. The minimum Gasteiger partial charge on any atom is -0.267 e. The van der Waals surface area contributed by atoms with E-state index >= 15 is 0 Å². The molecule has 0 saturated heterocycles. The Kier molecular flexibility index (Phi) is 3.78. The van der Waals surface area contributed by atoms with Crippen molar-refractivity contribution in [1.29, 1.82) is 0 Å². The maximum atomic E-state index is 12.2. The lowest BCUT2D eigenvalue weighted by atomic mass is 9.92. The van der Waals surface area contributed by atoms with Gasteiger partial charge in [-0.1, -0.05) is 62.9 Å². The SMILES string of the molecule is CC(C)(C)c1cc(=O)n2[nH]c(SCc3ccccc3)nc2n1. The van der Waals surface area contributed by atoms with Crippen molar-refractivity contribution >= 4 is 17.5 Å². The number of fused-ring (bicyclic) bond motifs is 1. The first-order valence-corrected chi connectivity index (χ1v) is 8.09. The average molecular weight is 314 g/mol. The fraction of sp³-hybridized carbons (Fsp3) is 0.312. The van der Waals surface area contributed by atoms with Crippen molar-refractivity contribution in [3.8, 4) is 0 Å². The topological polar surface area (TPSA) is 63.0 Å². The van der Waals surface area contributed by atoms with Gasteiger partial charge in [0.15, 0.2) is 5.16 Å². The molecule has 22 heavy (non-hydrogen) atoms. The van der Waals surface area contributed by atoms with Gasteiger partial charge in [0.1, 0.15) is 0 Å². The van der Waals surface area contributed by atoms with Crippen LogP contribution < -0.4 is 5.56 Å². The molecule has 0 saturated carbocycles. The Hall–Kier alpha value is -2.08. The molecule has 3 rings (SSSR count). The number of nitrogens with one attached hydrogen (secondary N) is 1. The van der Waals surface area contributed by atoms with Crippen molar-refractivity contribution in [1.82, 2.24) is 19.6 Å². The van der Waals surface area contributed by atoms with Crippen LogP contribution in [0, 0.1) is 0 Å². The minimum atomic E-state index is -0.176. The zero-order valence-electron chi connectivity index (χ0n) is 12.8. The fourth-order valence-corrected chi connectivity index (χ4v) is 2.83. The number of rotatable bonds is 3.